The van der Waals surface area contributed by atoms with Crippen molar-refractivity contribution in [2.45, 2.75) is 26.8 Å². The van der Waals surface area contributed by atoms with Crippen LogP contribution in [0.4, 0.5) is 0 Å². The smallest absolute Gasteiger partial charge is 0.213 e. The van der Waals surface area contributed by atoms with Crippen molar-refractivity contribution in [3.05, 3.63) is 35.5 Å². The minimum Gasteiger partial charge on any atom is -0.482 e. The van der Waals surface area contributed by atoms with Gasteiger partial charge in [-0.05, 0) is 44.3 Å². The lowest BCUT2D eigenvalue weighted by Gasteiger charge is -2.18. The van der Waals surface area contributed by atoms with Crippen molar-refractivity contribution in [2.75, 3.05) is 33.9 Å². The van der Waals surface area contributed by atoms with E-state index in [1.807, 2.05) is 18.2 Å². The second-order valence-electron chi connectivity index (χ2n) is 7.38. The monoisotopic (exact) mass is 441 g/mol. The minimum absolute atomic E-state index is 0.559. The SMILES string of the molecule is CCN(CC)CCCn1c(OC)c(-c2cc3c(Cl)ccnc3[nH]2)c2nc(OC)ccc21. The first-order valence-corrected chi connectivity index (χ1v) is 11.0. The molecule has 7 nitrogen and oxygen atoms in total. The molecule has 8 heteroatoms. The fourth-order valence-electron chi connectivity index (χ4n) is 4.09. The Bertz CT molecular complexity index is 1200. The third kappa shape index (κ3) is 3.95. The Hall–Kier alpha value is -2.77. The highest BCUT2D eigenvalue weighted by Crippen LogP contribution is 2.41. The molecule has 0 aromatic carbocycles. The van der Waals surface area contributed by atoms with Crippen molar-refractivity contribution in [3.63, 3.8) is 0 Å². The Labute approximate surface area is 186 Å². The van der Waals surface area contributed by atoms with Gasteiger partial charge in [0, 0.05) is 24.2 Å². The molecule has 4 heterocycles. The number of H-pyrrole nitrogens is 1. The molecule has 0 bridgehead atoms. The van der Waals surface area contributed by atoms with E-state index >= 15 is 0 Å². The Morgan fingerprint density at radius 2 is 1.94 bits per heavy atom. The van der Waals surface area contributed by atoms with Crippen LogP contribution in [0.5, 0.6) is 11.8 Å². The third-order valence-corrected chi connectivity index (χ3v) is 6.07. The number of halogens is 1. The standard InChI is InChI=1S/C23H28ClN5O2/c1-5-28(6-2)12-7-13-29-18-8-9-19(30-3)27-21(18)20(23(29)31-4)17-14-15-16(24)10-11-25-22(15)26-17/h8-11,14H,5-7,12-13H2,1-4H3,(H,25,26). The molecule has 164 valence electrons. The number of methoxy groups -OCH3 is 2. The van der Waals surface area contributed by atoms with Crippen molar-refractivity contribution in [2.24, 2.45) is 0 Å². The first-order valence-electron chi connectivity index (χ1n) is 10.6. The Morgan fingerprint density at radius 1 is 1.13 bits per heavy atom. The summed E-state index contributed by atoms with van der Waals surface area (Å²) in [4.78, 5) is 15.0. The van der Waals surface area contributed by atoms with Crippen LogP contribution in [0.1, 0.15) is 20.3 Å². The van der Waals surface area contributed by atoms with E-state index in [1.54, 1.807) is 26.5 Å². The Balaban J connectivity index is 1.85. The van der Waals surface area contributed by atoms with Crippen LogP contribution < -0.4 is 9.47 Å². The fourth-order valence-corrected chi connectivity index (χ4v) is 4.29. The van der Waals surface area contributed by atoms with Crippen LogP contribution in [-0.2, 0) is 6.54 Å². The number of hydrogen-bond acceptors (Lipinski definition) is 5. The van der Waals surface area contributed by atoms with Crippen LogP contribution in [0.2, 0.25) is 5.02 Å². The van der Waals surface area contributed by atoms with Gasteiger partial charge in [-0.2, -0.15) is 0 Å². The normalized spacial score (nSPS) is 11.7. The molecule has 0 fully saturated rings. The summed E-state index contributed by atoms with van der Waals surface area (Å²) >= 11 is 6.39. The predicted octanol–water partition coefficient (Wildman–Crippen LogP) is 4.98. The van der Waals surface area contributed by atoms with E-state index in [-0.39, 0.29) is 0 Å². The maximum Gasteiger partial charge on any atom is 0.213 e. The Morgan fingerprint density at radius 3 is 2.61 bits per heavy atom. The number of rotatable bonds is 9. The van der Waals surface area contributed by atoms with E-state index in [4.69, 9.17) is 26.1 Å². The Kier molecular flexibility index (Phi) is 6.34. The molecule has 4 aromatic heterocycles. The van der Waals surface area contributed by atoms with E-state index in [1.165, 1.54) is 0 Å². The van der Waals surface area contributed by atoms with Crippen molar-refractivity contribution >= 4 is 33.7 Å². The van der Waals surface area contributed by atoms with Gasteiger partial charge in [0.2, 0.25) is 11.8 Å². The second kappa shape index (κ2) is 9.16. The first-order chi connectivity index (χ1) is 15.1. The van der Waals surface area contributed by atoms with Crippen molar-refractivity contribution in [3.8, 4) is 23.0 Å². The molecular weight excluding hydrogens is 414 g/mol. The summed E-state index contributed by atoms with van der Waals surface area (Å²) in [6.45, 7) is 8.33. The topological polar surface area (TPSA) is 68.2 Å². The van der Waals surface area contributed by atoms with E-state index in [2.05, 4.69) is 33.3 Å². The van der Waals surface area contributed by atoms with Crippen molar-refractivity contribution in [1.82, 2.24) is 24.4 Å². The molecule has 0 unspecified atom stereocenters. The number of nitrogens with zero attached hydrogens (tertiary/aromatic N) is 4. The molecule has 0 atom stereocenters. The lowest BCUT2D eigenvalue weighted by atomic mass is 10.2. The summed E-state index contributed by atoms with van der Waals surface area (Å²) in [6, 6.07) is 7.72. The van der Waals surface area contributed by atoms with E-state index < -0.39 is 0 Å². The number of aryl methyl sites for hydroxylation is 1. The number of aromatic amines is 1. The number of ether oxygens (including phenoxy) is 2. The van der Waals surface area contributed by atoms with E-state index in [9.17, 15) is 0 Å². The molecule has 0 spiro atoms. The molecule has 4 aromatic rings. The fraction of sp³-hybridized carbons (Fsp3) is 0.391. The van der Waals surface area contributed by atoms with Crippen molar-refractivity contribution in [1.29, 1.82) is 0 Å². The summed E-state index contributed by atoms with van der Waals surface area (Å²) in [5.41, 5.74) is 4.30. The summed E-state index contributed by atoms with van der Waals surface area (Å²) in [5, 5.41) is 1.52. The molecule has 1 N–H and O–H groups in total. The van der Waals surface area contributed by atoms with Gasteiger partial charge < -0.3 is 23.9 Å². The van der Waals surface area contributed by atoms with Gasteiger partial charge in [-0.3, -0.25) is 0 Å². The van der Waals surface area contributed by atoms with Gasteiger partial charge >= 0.3 is 0 Å². The molecule has 4 rings (SSSR count). The molecule has 0 aliphatic rings. The zero-order chi connectivity index (χ0) is 22.0. The van der Waals surface area contributed by atoms with Crippen molar-refractivity contribution < 1.29 is 9.47 Å². The van der Waals surface area contributed by atoms with Gasteiger partial charge in [0.1, 0.15) is 11.2 Å². The zero-order valence-electron chi connectivity index (χ0n) is 18.4. The average Bonchev–Trinajstić information content (AvgIpc) is 3.35. The number of nitrogens with one attached hydrogen (secondary N) is 1. The number of fused-ring (bicyclic) bond motifs is 2. The van der Waals surface area contributed by atoms with E-state index in [0.29, 0.717) is 10.9 Å². The molecule has 0 aliphatic heterocycles. The second-order valence-corrected chi connectivity index (χ2v) is 7.78. The lowest BCUT2D eigenvalue weighted by Crippen LogP contribution is -2.24. The maximum absolute atomic E-state index is 6.39. The molecule has 0 saturated carbocycles. The number of hydrogen-bond donors (Lipinski definition) is 1. The highest BCUT2D eigenvalue weighted by molar-refractivity contribution is 6.35. The third-order valence-electron chi connectivity index (χ3n) is 5.74. The zero-order valence-corrected chi connectivity index (χ0v) is 19.2. The number of aromatic nitrogens is 4. The molecular formula is C23H28ClN5O2. The summed E-state index contributed by atoms with van der Waals surface area (Å²) < 4.78 is 13.5. The van der Waals surface area contributed by atoms with Crippen LogP contribution in [0, 0.1) is 0 Å². The lowest BCUT2D eigenvalue weighted by molar-refractivity contribution is 0.289. The van der Waals surface area contributed by atoms with Gasteiger partial charge in [-0.25, -0.2) is 9.97 Å². The quantitative estimate of drug-likeness (QED) is 0.396. The maximum atomic E-state index is 6.39. The summed E-state index contributed by atoms with van der Waals surface area (Å²) in [7, 11) is 3.32. The first kappa shape index (κ1) is 21.5. The van der Waals surface area contributed by atoms with Crippen LogP contribution in [0.25, 0.3) is 33.3 Å². The van der Waals surface area contributed by atoms with Gasteiger partial charge in [-0.1, -0.05) is 25.4 Å². The number of pyridine rings is 2. The molecule has 0 amide bonds. The molecule has 0 saturated heterocycles. The van der Waals surface area contributed by atoms with Gasteiger partial charge in [0.25, 0.3) is 0 Å². The summed E-state index contributed by atoms with van der Waals surface area (Å²) in [5.74, 6) is 1.32. The molecule has 31 heavy (non-hydrogen) atoms. The van der Waals surface area contributed by atoms with Gasteiger partial charge in [0.15, 0.2) is 0 Å². The van der Waals surface area contributed by atoms with Crippen LogP contribution in [0.3, 0.4) is 0 Å². The molecule has 0 radical (unpaired) electrons. The van der Waals surface area contributed by atoms with Gasteiger partial charge in [-0.15, -0.1) is 0 Å². The minimum atomic E-state index is 0.559. The highest BCUT2D eigenvalue weighted by atomic mass is 35.5. The van der Waals surface area contributed by atoms with Crippen LogP contribution in [0.15, 0.2) is 30.5 Å². The average molecular weight is 442 g/mol. The molecule has 0 aliphatic carbocycles. The van der Waals surface area contributed by atoms with Crippen LogP contribution in [-0.4, -0.2) is 58.3 Å². The highest BCUT2D eigenvalue weighted by Gasteiger charge is 2.23. The van der Waals surface area contributed by atoms with Gasteiger partial charge in [0.05, 0.1) is 36.0 Å². The predicted molar refractivity (Wildman–Crippen MR) is 125 cm³/mol. The van der Waals surface area contributed by atoms with E-state index in [0.717, 1.165) is 71.8 Å². The largest absolute Gasteiger partial charge is 0.482 e. The summed E-state index contributed by atoms with van der Waals surface area (Å²) in [6.07, 6.45) is 2.70. The van der Waals surface area contributed by atoms with Crippen LogP contribution >= 0.6 is 11.6 Å².